The molecule has 0 aromatic carbocycles. The minimum Gasteiger partial charge on any atom is -0.457 e. The highest BCUT2D eigenvalue weighted by molar-refractivity contribution is 7.47. The zero-order valence-electron chi connectivity index (χ0n) is 27.6. The normalized spacial score (nSPS) is 14.4. The number of rotatable bonds is 32. The molecule has 3 N–H and O–H groups in total. The minimum atomic E-state index is -4.61. The molecule has 0 heterocycles. The molecule has 0 radical (unpaired) electrons. The van der Waals surface area contributed by atoms with Crippen LogP contribution in [-0.2, 0) is 32.7 Å². The van der Waals surface area contributed by atoms with Crippen LogP contribution in [0.1, 0.15) is 149 Å². The number of esters is 2. The summed E-state index contributed by atoms with van der Waals surface area (Å²) in [6, 6.07) is 0. The average molecular weight is 651 g/mol. The smallest absolute Gasteiger partial charge is 0.457 e. The van der Waals surface area contributed by atoms with Crippen molar-refractivity contribution in [3.8, 4) is 0 Å². The van der Waals surface area contributed by atoms with Crippen LogP contribution in [0.25, 0.3) is 0 Å². The summed E-state index contributed by atoms with van der Waals surface area (Å²) in [6.45, 7) is 2.02. The van der Waals surface area contributed by atoms with Crippen LogP contribution in [0.4, 0.5) is 0 Å². The first-order valence-corrected chi connectivity index (χ1v) is 18.6. The van der Waals surface area contributed by atoms with E-state index in [0.29, 0.717) is 12.8 Å². The third-order valence-electron chi connectivity index (χ3n) is 7.23. The first-order chi connectivity index (χ1) is 21.3. The number of carbonyl (C=O) groups is 2. The predicted octanol–water partition coefficient (Wildman–Crippen LogP) is 7.72. The van der Waals surface area contributed by atoms with Crippen LogP contribution >= 0.6 is 7.82 Å². The topological polar surface area (TPSA) is 149 Å². The van der Waals surface area contributed by atoms with E-state index in [2.05, 4.69) is 26.0 Å². The summed E-state index contributed by atoms with van der Waals surface area (Å²) in [5.74, 6) is -1.04. The van der Waals surface area contributed by atoms with E-state index in [0.717, 1.165) is 44.9 Å². The van der Waals surface area contributed by atoms with Gasteiger partial charge < -0.3 is 24.6 Å². The van der Waals surface area contributed by atoms with Gasteiger partial charge in [-0.2, -0.15) is 0 Å². The maximum atomic E-state index is 12.2. The Bertz CT molecular complexity index is 761. The predicted molar refractivity (Wildman–Crippen MR) is 173 cm³/mol. The fraction of sp³-hybridized carbons (Fsp3) is 0.879. The summed E-state index contributed by atoms with van der Waals surface area (Å²) >= 11 is 0. The molecule has 0 aromatic rings. The number of phosphoric ester groups is 1. The van der Waals surface area contributed by atoms with Crippen LogP contribution in [0.3, 0.4) is 0 Å². The molecule has 3 atom stereocenters. The van der Waals surface area contributed by atoms with E-state index in [1.165, 1.54) is 64.2 Å². The van der Waals surface area contributed by atoms with Gasteiger partial charge in [0.1, 0.15) is 12.2 Å². The van der Waals surface area contributed by atoms with Gasteiger partial charge in [-0.25, -0.2) is 4.57 Å². The number of hydrogen-bond donors (Lipinski definition) is 3. The molecule has 44 heavy (non-hydrogen) atoms. The number of phosphoric acid groups is 1. The summed E-state index contributed by atoms with van der Waals surface area (Å²) in [6.07, 6.45) is 24.1. The van der Waals surface area contributed by atoms with Crippen molar-refractivity contribution >= 4 is 19.8 Å². The van der Waals surface area contributed by atoms with Gasteiger partial charge >= 0.3 is 19.8 Å². The van der Waals surface area contributed by atoms with Gasteiger partial charge in [-0.1, -0.05) is 109 Å². The van der Waals surface area contributed by atoms with Crippen LogP contribution in [-0.4, -0.2) is 65.7 Å². The zero-order chi connectivity index (χ0) is 32.7. The summed E-state index contributed by atoms with van der Waals surface area (Å²) in [5, 5.41) is 18.9. The molecule has 11 heteroatoms. The molecule has 0 rings (SSSR count). The zero-order valence-corrected chi connectivity index (χ0v) is 28.5. The summed E-state index contributed by atoms with van der Waals surface area (Å²) in [4.78, 5) is 33.9. The van der Waals surface area contributed by atoms with Crippen molar-refractivity contribution in [3.63, 3.8) is 0 Å². The Kier molecular flexibility index (Phi) is 29.5. The van der Waals surface area contributed by atoms with Gasteiger partial charge in [0, 0.05) is 12.8 Å². The molecule has 10 nitrogen and oxygen atoms in total. The van der Waals surface area contributed by atoms with Crippen molar-refractivity contribution in [2.75, 3.05) is 26.4 Å². The lowest BCUT2D eigenvalue weighted by Gasteiger charge is -2.20. The molecule has 0 aliphatic heterocycles. The molecule has 0 saturated heterocycles. The van der Waals surface area contributed by atoms with Crippen LogP contribution in [0.15, 0.2) is 12.2 Å². The highest BCUT2D eigenvalue weighted by atomic mass is 31.2. The summed E-state index contributed by atoms with van der Waals surface area (Å²) in [7, 11) is -4.61. The maximum Gasteiger partial charge on any atom is 0.472 e. The molecular formula is C33H63O10P. The van der Waals surface area contributed by atoms with Crippen molar-refractivity contribution in [1.82, 2.24) is 0 Å². The number of unbranched alkanes of at least 4 members (excludes halogenated alkanes) is 16. The van der Waals surface area contributed by atoms with E-state index >= 15 is 0 Å². The Morgan fingerprint density at radius 3 is 1.32 bits per heavy atom. The average Bonchev–Trinajstić information content (AvgIpc) is 3.01. The molecule has 0 aliphatic rings. The first-order valence-electron chi connectivity index (χ1n) is 17.1. The quantitative estimate of drug-likeness (QED) is 0.0286. The molecular weight excluding hydrogens is 587 g/mol. The standard InChI is InChI=1S/C33H63O10P/c1-3-5-7-9-10-11-12-13-14-15-16-17-18-19-20-21-23-25-33(37)43-31(27-35)29-41-44(38,39)40-28-30(26-34)42-32(36)24-22-8-6-4-2/h13-14,30-31,34-35H,3-12,15-29H2,1-2H3,(H,38,39)/b14-13-. The number of aliphatic hydroxyl groups excluding tert-OH is 2. The van der Waals surface area contributed by atoms with Crippen molar-refractivity contribution in [3.05, 3.63) is 12.2 Å². The van der Waals surface area contributed by atoms with Gasteiger partial charge in [-0.3, -0.25) is 18.6 Å². The maximum absolute atomic E-state index is 12.2. The van der Waals surface area contributed by atoms with Gasteiger partial charge in [-0.05, 0) is 38.5 Å². The number of ether oxygens (including phenoxy) is 2. The van der Waals surface area contributed by atoms with Crippen LogP contribution in [0.2, 0.25) is 0 Å². The molecule has 3 unspecified atom stereocenters. The van der Waals surface area contributed by atoms with E-state index in [9.17, 15) is 29.3 Å². The Labute approximate surface area is 266 Å². The fourth-order valence-corrected chi connectivity index (χ4v) is 5.30. The number of aliphatic hydroxyl groups is 2. The van der Waals surface area contributed by atoms with Crippen LogP contribution < -0.4 is 0 Å². The molecule has 0 fully saturated rings. The number of hydrogen-bond acceptors (Lipinski definition) is 9. The van der Waals surface area contributed by atoms with Crippen molar-refractivity contribution in [2.45, 2.75) is 161 Å². The SMILES string of the molecule is CCCCCCCC/C=C\CCCCCCCCCC(=O)OC(CO)COP(=O)(O)OCC(CO)OC(=O)CCCCCC. The molecule has 0 aliphatic carbocycles. The Morgan fingerprint density at radius 1 is 0.591 bits per heavy atom. The first kappa shape index (κ1) is 42.7. The molecule has 0 amide bonds. The minimum absolute atomic E-state index is 0.185. The number of allylic oxidation sites excluding steroid dienone is 2. The molecule has 0 aromatic heterocycles. The van der Waals surface area contributed by atoms with Gasteiger partial charge in [0.15, 0.2) is 0 Å². The monoisotopic (exact) mass is 650 g/mol. The van der Waals surface area contributed by atoms with Crippen molar-refractivity contribution in [2.24, 2.45) is 0 Å². The lowest BCUT2D eigenvalue weighted by molar-refractivity contribution is -0.153. The largest absolute Gasteiger partial charge is 0.472 e. The Hall–Kier alpha value is -1.29. The van der Waals surface area contributed by atoms with Crippen LogP contribution in [0, 0.1) is 0 Å². The lowest BCUT2D eigenvalue weighted by atomic mass is 10.1. The van der Waals surface area contributed by atoms with Crippen LogP contribution in [0.5, 0.6) is 0 Å². The highest BCUT2D eigenvalue weighted by Gasteiger charge is 2.27. The Balaban J connectivity index is 3.92. The van der Waals surface area contributed by atoms with Crippen molar-refractivity contribution in [1.29, 1.82) is 0 Å². The third-order valence-corrected chi connectivity index (χ3v) is 8.18. The van der Waals surface area contributed by atoms with Gasteiger partial charge in [0.05, 0.1) is 26.4 Å². The molecule has 260 valence electrons. The van der Waals surface area contributed by atoms with E-state index in [1.807, 2.05) is 0 Å². The van der Waals surface area contributed by atoms with Gasteiger partial charge in [0.2, 0.25) is 0 Å². The summed E-state index contributed by atoms with van der Waals surface area (Å²) < 4.78 is 32.1. The summed E-state index contributed by atoms with van der Waals surface area (Å²) in [5.41, 5.74) is 0. The van der Waals surface area contributed by atoms with Gasteiger partial charge in [0.25, 0.3) is 0 Å². The Morgan fingerprint density at radius 2 is 0.932 bits per heavy atom. The van der Waals surface area contributed by atoms with E-state index < -0.39 is 58.4 Å². The molecule has 0 saturated carbocycles. The van der Waals surface area contributed by atoms with E-state index in [-0.39, 0.29) is 12.8 Å². The number of carbonyl (C=O) groups excluding carboxylic acids is 2. The second-order valence-corrected chi connectivity index (χ2v) is 13.0. The van der Waals surface area contributed by atoms with E-state index in [1.54, 1.807) is 0 Å². The molecule has 0 bridgehead atoms. The lowest BCUT2D eigenvalue weighted by Crippen LogP contribution is -2.28. The second-order valence-electron chi connectivity index (χ2n) is 11.5. The van der Waals surface area contributed by atoms with E-state index in [4.69, 9.17) is 18.5 Å². The fourth-order valence-electron chi connectivity index (χ4n) is 4.52. The molecule has 0 spiro atoms. The second kappa shape index (κ2) is 30.4. The third kappa shape index (κ3) is 28.2. The van der Waals surface area contributed by atoms with Gasteiger partial charge in [-0.15, -0.1) is 0 Å². The highest BCUT2D eigenvalue weighted by Crippen LogP contribution is 2.43. The van der Waals surface area contributed by atoms with Crippen molar-refractivity contribution < 1.29 is 47.8 Å².